The molecule has 0 atom stereocenters. The quantitative estimate of drug-likeness (QED) is 0.783. The van der Waals surface area contributed by atoms with E-state index in [1.807, 2.05) is 32.9 Å². The highest BCUT2D eigenvalue weighted by Gasteiger charge is 2.24. The largest absolute Gasteiger partial charge is 0.444 e. The topological polar surface area (TPSA) is 53.3 Å². The van der Waals surface area contributed by atoms with Crippen LogP contribution in [0, 0.1) is 17.1 Å². The van der Waals surface area contributed by atoms with E-state index in [1.54, 1.807) is 11.0 Å². The lowest BCUT2D eigenvalue weighted by Crippen LogP contribution is -2.40. The number of piperidine rings is 1. The molecule has 1 fully saturated rings. The summed E-state index contributed by atoms with van der Waals surface area (Å²) in [6.45, 7) is 6.73. The molecule has 0 N–H and O–H groups in total. The number of ether oxygens (including phenoxy) is 1. The average molecular weight is 316 g/mol. The standard InChI is InChI=1S/C18H21FN2O2/c1-18(2,3)23-17(22)21-8-6-13(7-9-21)10-14-4-5-15(12-20)16(19)11-14/h4-5,10-11H,6-9H2,1-3H3. The number of nitrogens with zero attached hydrogens (tertiary/aromatic N) is 2. The van der Waals surface area contributed by atoms with Gasteiger partial charge in [-0.2, -0.15) is 5.26 Å². The molecule has 2 rings (SSSR count). The summed E-state index contributed by atoms with van der Waals surface area (Å²) < 4.78 is 19.0. The number of carbonyl (C=O) groups excluding carboxylic acids is 1. The Bertz CT molecular complexity index is 659. The van der Waals surface area contributed by atoms with Crippen molar-refractivity contribution in [2.45, 2.75) is 39.2 Å². The van der Waals surface area contributed by atoms with E-state index in [0.29, 0.717) is 13.1 Å². The van der Waals surface area contributed by atoms with Crippen LogP contribution in [0.3, 0.4) is 0 Å². The predicted octanol–water partition coefficient (Wildman–Crippen LogP) is 4.11. The second kappa shape index (κ2) is 6.82. The molecule has 0 bridgehead atoms. The third-order valence-electron chi connectivity index (χ3n) is 3.54. The highest BCUT2D eigenvalue weighted by Crippen LogP contribution is 2.22. The number of rotatable bonds is 1. The van der Waals surface area contributed by atoms with E-state index in [4.69, 9.17) is 10.00 Å². The molecule has 23 heavy (non-hydrogen) atoms. The molecule has 0 spiro atoms. The second-order valence-corrected chi connectivity index (χ2v) is 6.62. The van der Waals surface area contributed by atoms with Crippen LogP contribution in [-0.2, 0) is 4.74 Å². The summed E-state index contributed by atoms with van der Waals surface area (Å²) in [5.74, 6) is -0.506. The number of halogens is 1. The van der Waals surface area contributed by atoms with Crippen molar-refractivity contribution in [1.82, 2.24) is 4.90 Å². The van der Waals surface area contributed by atoms with Gasteiger partial charge >= 0.3 is 6.09 Å². The van der Waals surface area contributed by atoms with Crippen LogP contribution in [0.15, 0.2) is 23.8 Å². The van der Waals surface area contributed by atoms with E-state index >= 15 is 0 Å². The van der Waals surface area contributed by atoms with Gasteiger partial charge in [0.2, 0.25) is 0 Å². The lowest BCUT2D eigenvalue weighted by molar-refractivity contribution is 0.0237. The lowest BCUT2D eigenvalue weighted by Gasteiger charge is -2.31. The van der Waals surface area contributed by atoms with E-state index in [-0.39, 0.29) is 11.7 Å². The number of benzene rings is 1. The molecule has 1 aliphatic heterocycles. The molecular weight excluding hydrogens is 295 g/mol. The Hall–Kier alpha value is -2.35. The van der Waals surface area contributed by atoms with E-state index in [1.165, 1.54) is 12.1 Å². The molecule has 0 aromatic heterocycles. The highest BCUT2D eigenvalue weighted by molar-refractivity contribution is 5.68. The SMILES string of the molecule is CC(C)(C)OC(=O)N1CCC(=Cc2ccc(C#N)c(F)c2)CC1. The molecule has 1 aromatic carbocycles. The highest BCUT2D eigenvalue weighted by atomic mass is 19.1. The van der Waals surface area contributed by atoms with Crippen LogP contribution in [0.5, 0.6) is 0 Å². The van der Waals surface area contributed by atoms with Gasteiger partial charge in [0.15, 0.2) is 0 Å². The summed E-state index contributed by atoms with van der Waals surface area (Å²) in [5.41, 5.74) is 1.45. The summed E-state index contributed by atoms with van der Waals surface area (Å²) >= 11 is 0. The van der Waals surface area contributed by atoms with Gasteiger partial charge in [0.1, 0.15) is 17.5 Å². The van der Waals surface area contributed by atoms with Gasteiger partial charge in [-0.3, -0.25) is 0 Å². The van der Waals surface area contributed by atoms with Gasteiger partial charge in [-0.25, -0.2) is 9.18 Å². The minimum Gasteiger partial charge on any atom is -0.444 e. The molecule has 1 amide bonds. The van der Waals surface area contributed by atoms with Gasteiger partial charge in [-0.05, 0) is 51.3 Å². The molecule has 1 aromatic rings. The molecule has 1 heterocycles. The zero-order chi connectivity index (χ0) is 17.0. The van der Waals surface area contributed by atoms with E-state index in [2.05, 4.69) is 0 Å². The van der Waals surface area contributed by atoms with Crippen LogP contribution in [-0.4, -0.2) is 29.7 Å². The Labute approximate surface area is 136 Å². The van der Waals surface area contributed by atoms with Gasteiger partial charge < -0.3 is 9.64 Å². The molecule has 0 saturated carbocycles. The molecule has 4 nitrogen and oxygen atoms in total. The fourth-order valence-corrected chi connectivity index (χ4v) is 2.39. The van der Waals surface area contributed by atoms with Crippen molar-refractivity contribution < 1.29 is 13.9 Å². The third-order valence-corrected chi connectivity index (χ3v) is 3.54. The zero-order valence-corrected chi connectivity index (χ0v) is 13.7. The summed E-state index contributed by atoms with van der Waals surface area (Å²) in [6.07, 6.45) is 3.11. The maximum Gasteiger partial charge on any atom is 0.410 e. The molecule has 1 saturated heterocycles. The Morgan fingerprint density at radius 3 is 2.52 bits per heavy atom. The Balaban J connectivity index is 1.98. The second-order valence-electron chi connectivity index (χ2n) is 6.62. The van der Waals surface area contributed by atoms with Gasteiger partial charge in [-0.1, -0.05) is 17.7 Å². The first kappa shape index (κ1) is 17.0. The fraction of sp³-hybridized carbons (Fsp3) is 0.444. The zero-order valence-electron chi connectivity index (χ0n) is 13.7. The van der Waals surface area contributed by atoms with Crippen LogP contribution in [0.4, 0.5) is 9.18 Å². The predicted molar refractivity (Wildman–Crippen MR) is 86.1 cm³/mol. The first-order chi connectivity index (χ1) is 10.8. The van der Waals surface area contributed by atoms with Gasteiger partial charge in [-0.15, -0.1) is 0 Å². The fourth-order valence-electron chi connectivity index (χ4n) is 2.39. The van der Waals surface area contributed by atoms with Crippen molar-refractivity contribution in [3.63, 3.8) is 0 Å². The van der Waals surface area contributed by atoms with Crippen molar-refractivity contribution >= 4 is 12.2 Å². The number of carbonyl (C=O) groups is 1. The summed E-state index contributed by atoms with van der Waals surface area (Å²) in [5, 5.41) is 8.74. The first-order valence-electron chi connectivity index (χ1n) is 7.65. The Morgan fingerprint density at radius 2 is 2.00 bits per heavy atom. The van der Waals surface area contributed by atoms with Gasteiger partial charge in [0, 0.05) is 13.1 Å². The Morgan fingerprint density at radius 1 is 1.35 bits per heavy atom. The van der Waals surface area contributed by atoms with Crippen molar-refractivity contribution in [2.75, 3.05) is 13.1 Å². The lowest BCUT2D eigenvalue weighted by atomic mass is 10.0. The maximum atomic E-state index is 13.6. The normalized spacial score (nSPS) is 15.1. The van der Waals surface area contributed by atoms with Gasteiger partial charge in [0.05, 0.1) is 5.56 Å². The average Bonchev–Trinajstić information content (AvgIpc) is 2.46. The monoisotopic (exact) mass is 316 g/mol. The molecule has 0 unspecified atom stereocenters. The van der Waals surface area contributed by atoms with Crippen LogP contribution >= 0.6 is 0 Å². The number of likely N-dealkylation sites (tertiary alicyclic amines) is 1. The summed E-state index contributed by atoms with van der Waals surface area (Å²) in [4.78, 5) is 13.7. The van der Waals surface area contributed by atoms with E-state index in [0.717, 1.165) is 24.0 Å². The van der Waals surface area contributed by atoms with Crippen LogP contribution in [0.2, 0.25) is 0 Å². The van der Waals surface area contributed by atoms with Crippen molar-refractivity contribution in [3.8, 4) is 6.07 Å². The minimum absolute atomic E-state index is 0.0481. The number of hydrogen-bond donors (Lipinski definition) is 0. The molecular formula is C18H21FN2O2. The molecule has 5 heteroatoms. The number of nitriles is 1. The molecule has 0 radical (unpaired) electrons. The van der Waals surface area contributed by atoms with E-state index < -0.39 is 11.4 Å². The molecule has 1 aliphatic rings. The first-order valence-corrected chi connectivity index (χ1v) is 7.65. The molecule has 122 valence electrons. The van der Waals surface area contributed by atoms with Crippen molar-refractivity contribution in [1.29, 1.82) is 5.26 Å². The Kier molecular flexibility index (Phi) is 5.05. The van der Waals surface area contributed by atoms with Crippen LogP contribution < -0.4 is 0 Å². The van der Waals surface area contributed by atoms with Crippen LogP contribution in [0.1, 0.15) is 44.7 Å². The number of amides is 1. The minimum atomic E-state index is -0.506. The number of hydrogen-bond acceptors (Lipinski definition) is 3. The summed E-state index contributed by atoms with van der Waals surface area (Å²) in [7, 11) is 0. The van der Waals surface area contributed by atoms with Gasteiger partial charge in [0.25, 0.3) is 0 Å². The smallest absolute Gasteiger partial charge is 0.410 e. The summed E-state index contributed by atoms with van der Waals surface area (Å²) in [6, 6.07) is 6.39. The molecule has 0 aliphatic carbocycles. The third kappa shape index (κ3) is 4.82. The van der Waals surface area contributed by atoms with E-state index in [9.17, 15) is 9.18 Å². The maximum absolute atomic E-state index is 13.6. The van der Waals surface area contributed by atoms with Crippen LogP contribution in [0.25, 0.3) is 6.08 Å². The van der Waals surface area contributed by atoms with Crippen molar-refractivity contribution in [2.24, 2.45) is 0 Å². The van der Waals surface area contributed by atoms with Crippen molar-refractivity contribution in [3.05, 3.63) is 40.7 Å².